The standard InChI is InChI=1S/C16H25NOS/c1-3-16(4-2,13-19)12-17-9-10-18-15-8-6-5-7-14(15)11-17/h5-8,19H,3-4,9-13H2,1-2H3. The Morgan fingerprint density at radius 1 is 1.26 bits per heavy atom. The molecule has 0 bridgehead atoms. The van der Waals surface area contributed by atoms with Crippen molar-refractivity contribution in [2.24, 2.45) is 5.41 Å². The molecule has 1 aliphatic heterocycles. The second kappa shape index (κ2) is 6.67. The SMILES string of the molecule is CCC(CC)(CS)CN1CCOc2ccccc2C1. The largest absolute Gasteiger partial charge is 0.492 e. The average molecular weight is 279 g/mol. The van der Waals surface area contributed by atoms with Crippen molar-refractivity contribution in [1.82, 2.24) is 4.90 Å². The Balaban J connectivity index is 2.10. The summed E-state index contributed by atoms with van der Waals surface area (Å²) in [5.41, 5.74) is 1.64. The van der Waals surface area contributed by atoms with E-state index in [0.717, 1.165) is 37.7 Å². The fourth-order valence-corrected chi connectivity index (χ4v) is 3.28. The van der Waals surface area contributed by atoms with Crippen LogP contribution in [0.3, 0.4) is 0 Å². The number of hydrogen-bond acceptors (Lipinski definition) is 3. The second-order valence-electron chi connectivity index (χ2n) is 5.53. The van der Waals surface area contributed by atoms with Crippen molar-refractivity contribution in [2.75, 3.05) is 25.4 Å². The van der Waals surface area contributed by atoms with E-state index >= 15 is 0 Å². The Hall–Kier alpha value is -0.670. The van der Waals surface area contributed by atoms with Gasteiger partial charge in [0.1, 0.15) is 12.4 Å². The number of thiol groups is 1. The van der Waals surface area contributed by atoms with Gasteiger partial charge in [0, 0.05) is 25.2 Å². The third-order valence-electron chi connectivity index (χ3n) is 4.43. The lowest BCUT2D eigenvalue weighted by molar-refractivity contribution is 0.142. The van der Waals surface area contributed by atoms with Crippen LogP contribution in [0, 0.1) is 5.41 Å². The van der Waals surface area contributed by atoms with Gasteiger partial charge in [-0.3, -0.25) is 4.90 Å². The lowest BCUT2D eigenvalue weighted by atomic mass is 9.83. The molecule has 0 N–H and O–H groups in total. The van der Waals surface area contributed by atoms with Crippen molar-refractivity contribution in [3.8, 4) is 5.75 Å². The molecule has 1 aliphatic rings. The fraction of sp³-hybridized carbons (Fsp3) is 0.625. The number of nitrogens with zero attached hydrogens (tertiary/aromatic N) is 1. The summed E-state index contributed by atoms with van der Waals surface area (Å²) >= 11 is 4.59. The fourth-order valence-electron chi connectivity index (χ4n) is 2.74. The zero-order valence-electron chi connectivity index (χ0n) is 12.1. The van der Waals surface area contributed by atoms with Crippen LogP contribution in [0.1, 0.15) is 32.3 Å². The van der Waals surface area contributed by atoms with E-state index in [-0.39, 0.29) is 0 Å². The van der Waals surface area contributed by atoms with Crippen LogP contribution in [0.4, 0.5) is 0 Å². The first kappa shape index (κ1) is 14.7. The van der Waals surface area contributed by atoms with E-state index in [1.54, 1.807) is 0 Å². The number of ether oxygens (including phenoxy) is 1. The minimum absolute atomic E-state index is 0.336. The second-order valence-corrected chi connectivity index (χ2v) is 5.85. The van der Waals surface area contributed by atoms with Crippen molar-refractivity contribution in [3.05, 3.63) is 29.8 Å². The van der Waals surface area contributed by atoms with Crippen LogP contribution < -0.4 is 4.74 Å². The van der Waals surface area contributed by atoms with Gasteiger partial charge in [0.05, 0.1) is 0 Å². The van der Waals surface area contributed by atoms with Crippen molar-refractivity contribution < 1.29 is 4.74 Å². The van der Waals surface area contributed by atoms with E-state index in [1.165, 1.54) is 18.4 Å². The van der Waals surface area contributed by atoms with E-state index in [0.29, 0.717) is 5.41 Å². The number of benzene rings is 1. The van der Waals surface area contributed by atoms with Crippen molar-refractivity contribution >= 4 is 12.6 Å². The molecule has 1 heterocycles. The van der Waals surface area contributed by atoms with Crippen LogP contribution in [0.5, 0.6) is 5.75 Å². The van der Waals surface area contributed by atoms with E-state index < -0.39 is 0 Å². The van der Waals surface area contributed by atoms with Gasteiger partial charge in [-0.25, -0.2) is 0 Å². The maximum Gasteiger partial charge on any atom is 0.123 e. The zero-order chi connectivity index (χ0) is 13.7. The lowest BCUT2D eigenvalue weighted by Crippen LogP contribution is -2.39. The lowest BCUT2D eigenvalue weighted by Gasteiger charge is -2.35. The molecule has 19 heavy (non-hydrogen) atoms. The summed E-state index contributed by atoms with van der Waals surface area (Å²) in [4.78, 5) is 2.52. The summed E-state index contributed by atoms with van der Waals surface area (Å²) in [6.07, 6.45) is 2.37. The van der Waals surface area contributed by atoms with Gasteiger partial charge in [-0.2, -0.15) is 12.6 Å². The van der Waals surface area contributed by atoms with Gasteiger partial charge in [0.2, 0.25) is 0 Å². The third kappa shape index (κ3) is 3.46. The highest BCUT2D eigenvalue weighted by atomic mass is 32.1. The maximum absolute atomic E-state index is 5.83. The van der Waals surface area contributed by atoms with Gasteiger partial charge in [0.15, 0.2) is 0 Å². The minimum Gasteiger partial charge on any atom is -0.492 e. The van der Waals surface area contributed by atoms with E-state index in [2.05, 4.69) is 49.6 Å². The normalized spacial score (nSPS) is 16.6. The minimum atomic E-state index is 0.336. The first-order valence-electron chi connectivity index (χ1n) is 7.27. The van der Waals surface area contributed by atoms with Crippen molar-refractivity contribution in [2.45, 2.75) is 33.2 Å². The molecule has 0 saturated heterocycles. The Labute approximate surface area is 122 Å². The van der Waals surface area contributed by atoms with Crippen molar-refractivity contribution in [1.29, 1.82) is 0 Å². The first-order chi connectivity index (χ1) is 9.23. The quantitative estimate of drug-likeness (QED) is 0.827. The molecule has 106 valence electrons. The highest BCUT2D eigenvalue weighted by Crippen LogP contribution is 2.31. The van der Waals surface area contributed by atoms with Crippen molar-refractivity contribution in [3.63, 3.8) is 0 Å². The van der Waals surface area contributed by atoms with Gasteiger partial charge in [-0.15, -0.1) is 0 Å². The summed E-state index contributed by atoms with van der Waals surface area (Å²) in [5, 5.41) is 0. The van der Waals surface area contributed by atoms with Gasteiger partial charge >= 0.3 is 0 Å². The molecule has 0 aromatic heterocycles. The Morgan fingerprint density at radius 3 is 2.68 bits per heavy atom. The molecule has 1 aromatic carbocycles. The molecule has 0 radical (unpaired) electrons. The van der Waals surface area contributed by atoms with Gasteiger partial charge in [-0.1, -0.05) is 32.0 Å². The molecular weight excluding hydrogens is 254 g/mol. The predicted molar refractivity (Wildman–Crippen MR) is 84.1 cm³/mol. The molecule has 0 amide bonds. The van der Waals surface area contributed by atoms with Crippen LogP contribution in [-0.4, -0.2) is 30.3 Å². The van der Waals surface area contributed by atoms with Crippen LogP contribution in [0.25, 0.3) is 0 Å². The smallest absolute Gasteiger partial charge is 0.123 e. The average Bonchev–Trinajstić information content (AvgIpc) is 2.66. The Morgan fingerprint density at radius 2 is 2.00 bits per heavy atom. The number of fused-ring (bicyclic) bond motifs is 1. The van der Waals surface area contributed by atoms with E-state index in [1.807, 2.05) is 6.07 Å². The summed E-state index contributed by atoms with van der Waals surface area (Å²) in [5.74, 6) is 2.01. The molecule has 0 fully saturated rings. The summed E-state index contributed by atoms with van der Waals surface area (Å²) < 4.78 is 5.83. The molecule has 1 aromatic rings. The Kier molecular flexibility index (Phi) is 5.17. The number of para-hydroxylation sites is 1. The Bertz CT molecular complexity index is 395. The third-order valence-corrected chi connectivity index (χ3v) is 5.10. The zero-order valence-corrected chi connectivity index (χ0v) is 13.0. The first-order valence-corrected chi connectivity index (χ1v) is 7.90. The van der Waals surface area contributed by atoms with Crippen LogP contribution >= 0.6 is 12.6 Å². The molecule has 2 nitrogen and oxygen atoms in total. The number of rotatable bonds is 5. The molecule has 0 aliphatic carbocycles. The van der Waals surface area contributed by atoms with Gasteiger partial charge in [0.25, 0.3) is 0 Å². The topological polar surface area (TPSA) is 12.5 Å². The molecule has 0 saturated carbocycles. The highest BCUT2D eigenvalue weighted by molar-refractivity contribution is 7.80. The molecule has 3 heteroatoms. The van der Waals surface area contributed by atoms with E-state index in [4.69, 9.17) is 4.74 Å². The molecular formula is C16H25NOS. The number of hydrogen-bond donors (Lipinski definition) is 1. The van der Waals surface area contributed by atoms with E-state index in [9.17, 15) is 0 Å². The van der Waals surface area contributed by atoms with Gasteiger partial charge < -0.3 is 4.74 Å². The molecule has 0 spiro atoms. The van der Waals surface area contributed by atoms with Crippen LogP contribution in [0.2, 0.25) is 0 Å². The van der Waals surface area contributed by atoms with Crippen LogP contribution in [-0.2, 0) is 6.54 Å². The summed E-state index contributed by atoms with van der Waals surface area (Å²) in [6, 6.07) is 8.39. The summed E-state index contributed by atoms with van der Waals surface area (Å²) in [7, 11) is 0. The maximum atomic E-state index is 5.83. The monoisotopic (exact) mass is 279 g/mol. The molecule has 2 rings (SSSR count). The highest BCUT2D eigenvalue weighted by Gasteiger charge is 2.28. The summed E-state index contributed by atoms with van der Waals surface area (Å²) in [6.45, 7) is 8.45. The molecule has 0 atom stereocenters. The van der Waals surface area contributed by atoms with Crippen LogP contribution in [0.15, 0.2) is 24.3 Å². The molecule has 0 unspecified atom stereocenters. The van der Waals surface area contributed by atoms with Gasteiger partial charge in [-0.05, 0) is 30.1 Å². The predicted octanol–water partition coefficient (Wildman–Crippen LogP) is 3.62.